The predicted molar refractivity (Wildman–Crippen MR) is 126 cm³/mol. The van der Waals surface area contributed by atoms with Crippen molar-refractivity contribution in [2.75, 3.05) is 0 Å². The average molecular weight is 448 g/mol. The van der Waals surface area contributed by atoms with E-state index in [4.69, 9.17) is 4.98 Å². The van der Waals surface area contributed by atoms with E-state index >= 15 is 0 Å². The first kappa shape index (κ1) is 16.3. The normalized spacial score (nSPS) is 12.0. The second-order valence-corrected chi connectivity index (χ2v) is 9.70. The zero-order chi connectivity index (χ0) is 19.7. The maximum absolute atomic E-state index is 4.74. The number of aromatic nitrogens is 3. The molecule has 3 aromatic carbocycles. The second kappa shape index (κ2) is 6.02. The summed E-state index contributed by atoms with van der Waals surface area (Å²) >= 11 is 0.257. The molecule has 0 fully saturated rings. The van der Waals surface area contributed by atoms with Gasteiger partial charge in [-0.15, -0.1) is 0 Å². The fourth-order valence-corrected chi connectivity index (χ4v) is 7.31. The molecule has 4 aromatic heterocycles. The molecule has 0 aliphatic carbocycles. The first-order valence-electron chi connectivity index (χ1n) is 9.93. The number of para-hydroxylation sites is 1. The third-order valence-electron chi connectivity index (χ3n) is 5.92. The van der Waals surface area contributed by atoms with Crippen molar-refractivity contribution in [2.24, 2.45) is 0 Å². The summed E-state index contributed by atoms with van der Waals surface area (Å²) in [6.07, 6.45) is 5.84. The Hall–Kier alpha value is -3.46. The number of fused-ring (bicyclic) bond motifs is 10. The standard InChI is InChI=1S/C26H15N3Se/c1-3-9-20-17(7-1)23-16-12-14-27-15-19(16)26-24(18-8-2-4-10-21(18)30-26)25(23)29(20)22-11-5-6-13-28-22/h1-15H. The number of rotatable bonds is 1. The van der Waals surface area contributed by atoms with Gasteiger partial charge < -0.3 is 0 Å². The molecule has 0 unspecified atom stereocenters. The quantitative estimate of drug-likeness (QED) is 0.285. The fourth-order valence-electron chi connectivity index (χ4n) is 4.74. The molecular formula is C26H15N3Se. The molecule has 0 amide bonds. The van der Waals surface area contributed by atoms with Crippen molar-refractivity contribution in [3.63, 3.8) is 0 Å². The second-order valence-electron chi connectivity index (χ2n) is 7.49. The van der Waals surface area contributed by atoms with Gasteiger partial charge in [-0.3, -0.25) is 0 Å². The molecule has 140 valence electrons. The summed E-state index contributed by atoms with van der Waals surface area (Å²) in [6, 6.07) is 25.8. The van der Waals surface area contributed by atoms with Crippen molar-refractivity contribution in [2.45, 2.75) is 0 Å². The van der Waals surface area contributed by atoms with Gasteiger partial charge in [-0.1, -0.05) is 0 Å². The van der Waals surface area contributed by atoms with Gasteiger partial charge in [-0.25, -0.2) is 0 Å². The van der Waals surface area contributed by atoms with Crippen LogP contribution in [0.15, 0.2) is 91.4 Å². The summed E-state index contributed by atoms with van der Waals surface area (Å²) in [5, 5.41) is 7.81. The van der Waals surface area contributed by atoms with E-state index in [9.17, 15) is 0 Å². The van der Waals surface area contributed by atoms with Crippen LogP contribution in [0.4, 0.5) is 0 Å². The van der Waals surface area contributed by atoms with E-state index in [1.165, 1.54) is 51.9 Å². The first-order chi connectivity index (χ1) is 14.9. The molecule has 0 saturated heterocycles. The number of pyridine rings is 2. The van der Waals surface area contributed by atoms with Gasteiger partial charge in [0.2, 0.25) is 0 Å². The van der Waals surface area contributed by atoms with E-state index in [0.29, 0.717) is 0 Å². The molecule has 0 N–H and O–H groups in total. The number of nitrogens with zero attached hydrogens (tertiary/aromatic N) is 3. The first-order valence-corrected chi connectivity index (χ1v) is 11.6. The summed E-state index contributed by atoms with van der Waals surface area (Å²) < 4.78 is 5.22. The summed E-state index contributed by atoms with van der Waals surface area (Å²) in [6.45, 7) is 0. The van der Waals surface area contributed by atoms with Crippen LogP contribution in [-0.2, 0) is 0 Å². The Balaban J connectivity index is 1.91. The molecule has 0 atom stereocenters. The average Bonchev–Trinajstić information content (AvgIpc) is 3.36. The van der Waals surface area contributed by atoms with Crippen LogP contribution in [0.25, 0.3) is 57.7 Å². The predicted octanol–water partition coefficient (Wildman–Crippen LogP) is 6.09. The number of benzene rings is 3. The summed E-state index contributed by atoms with van der Waals surface area (Å²) in [4.78, 5) is 9.23. The van der Waals surface area contributed by atoms with Crippen molar-refractivity contribution in [3.8, 4) is 5.82 Å². The van der Waals surface area contributed by atoms with Crippen LogP contribution in [0.5, 0.6) is 0 Å². The minimum absolute atomic E-state index is 0.257. The summed E-state index contributed by atoms with van der Waals surface area (Å²) in [7, 11) is 0. The van der Waals surface area contributed by atoms with Crippen LogP contribution in [0.1, 0.15) is 0 Å². The van der Waals surface area contributed by atoms with Gasteiger partial charge >= 0.3 is 178 Å². The Kier molecular flexibility index (Phi) is 3.28. The van der Waals surface area contributed by atoms with Crippen LogP contribution < -0.4 is 0 Å². The van der Waals surface area contributed by atoms with Gasteiger partial charge in [-0.2, -0.15) is 0 Å². The zero-order valence-electron chi connectivity index (χ0n) is 15.9. The Morgan fingerprint density at radius 1 is 0.667 bits per heavy atom. The maximum atomic E-state index is 4.74. The third kappa shape index (κ3) is 2.05. The fraction of sp³-hybridized carbons (Fsp3) is 0. The molecule has 0 saturated carbocycles. The molecule has 0 aliphatic heterocycles. The van der Waals surface area contributed by atoms with E-state index in [1.54, 1.807) is 0 Å². The molecule has 3 nitrogen and oxygen atoms in total. The Bertz CT molecular complexity index is 1740. The minimum atomic E-state index is 0.257. The van der Waals surface area contributed by atoms with Gasteiger partial charge in [0.1, 0.15) is 0 Å². The zero-order valence-corrected chi connectivity index (χ0v) is 17.6. The van der Waals surface area contributed by atoms with Crippen molar-refractivity contribution in [1.29, 1.82) is 0 Å². The van der Waals surface area contributed by atoms with E-state index in [2.05, 4.69) is 76.3 Å². The van der Waals surface area contributed by atoms with E-state index in [-0.39, 0.29) is 14.5 Å². The van der Waals surface area contributed by atoms with E-state index < -0.39 is 0 Å². The topological polar surface area (TPSA) is 30.7 Å². The molecule has 4 heteroatoms. The Morgan fingerprint density at radius 2 is 1.50 bits per heavy atom. The monoisotopic (exact) mass is 449 g/mol. The summed E-state index contributed by atoms with van der Waals surface area (Å²) in [5.74, 6) is 0.955. The molecule has 0 aliphatic rings. The van der Waals surface area contributed by atoms with Crippen molar-refractivity contribution in [3.05, 3.63) is 91.4 Å². The van der Waals surface area contributed by atoms with E-state index in [0.717, 1.165) is 5.82 Å². The van der Waals surface area contributed by atoms with Gasteiger partial charge in [0, 0.05) is 0 Å². The van der Waals surface area contributed by atoms with Crippen LogP contribution in [0.2, 0.25) is 0 Å². The van der Waals surface area contributed by atoms with Crippen LogP contribution in [0.3, 0.4) is 0 Å². The number of hydrogen-bond donors (Lipinski definition) is 0. The Labute approximate surface area is 178 Å². The molecule has 30 heavy (non-hydrogen) atoms. The molecule has 0 bridgehead atoms. The third-order valence-corrected chi connectivity index (χ3v) is 8.45. The Morgan fingerprint density at radius 3 is 2.40 bits per heavy atom. The number of hydrogen-bond acceptors (Lipinski definition) is 2. The van der Waals surface area contributed by atoms with Gasteiger partial charge in [0.15, 0.2) is 0 Å². The summed E-state index contributed by atoms with van der Waals surface area (Å²) in [5.41, 5.74) is 2.45. The van der Waals surface area contributed by atoms with Crippen LogP contribution in [-0.4, -0.2) is 29.0 Å². The molecule has 7 aromatic rings. The van der Waals surface area contributed by atoms with E-state index in [1.807, 2.05) is 24.7 Å². The molecule has 7 rings (SSSR count). The molecular weight excluding hydrogens is 433 g/mol. The van der Waals surface area contributed by atoms with Gasteiger partial charge in [0.25, 0.3) is 0 Å². The van der Waals surface area contributed by atoms with Crippen molar-refractivity contribution in [1.82, 2.24) is 14.5 Å². The van der Waals surface area contributed by atoms with Gasteiger partial charge in [-0.05, 0) is 0 Å². The van der Waals surface area contributed by atoms with Gasteiger partial charge in [0.05, 0.1) is 0 Å². The molecule has 0 radical (unpaired) electrons. The van der Waals surface area contributed by atoms with Crippen molar-refractivity contribution < 1.29 is 0 Å². The molecule has 4 heterocycles. The molecule has 0 spiro atoms. The SMILES string of the molecule is c1ccc(-n2c3ccccc3c3c4ccncc4c4[se]c5ccccc5c4c32)nc1. The van der Waals surface area contributed by atoms with Crippen LogP contribution >= 0.6 is 0 Å². The van der Waals surface area contributed by atoms with Crippen LogP contribution in [0, 0.1) is 0 Å². The van der Waals surface area contributed by atoms with Crippen molar-refractivity contribution >= 4 is 66.4 Å².